The quantitative estimate of drug-likeness (QED) is 0.370. The maximum absolute atomic E-state index is 9.45. The van der Waals surface area contributed by atoms with Crippen LogP contribution in [0, 0.1) is 4.77 Å². The van der Waals surface area contributed by atoms with E-state index < -0.39 is 0 Å². The van der Waals surface area contributed by atoms with Crippen LogP contribution in [0.3, 0.4) is 0 Å². The standard InChI is InChI=1S/C9H9N5OS/c15-7-4-2-1-3-6(7)5-10-12-8-11-9(16)14-13-8/h1-5,15H,(H3,11,12,13,14,16)/b10-5+. The number of rotatable bonds is 3. The smallest absolute Gasteiger partial charge is 0.238 e. The van der Waals surface area contributed by atoms with Gasteiger partial charge in [0.25, 0.3) is 0 Å². The topological polar surface area (TPSA) is 89.1 Å². The lowest BCUT2D eigenvalue weighted by Crippen LogP contribution is -1.92. The number of para-hydroxylation sites is 1. The van der Waals surface area contributed by atoms with Gasteiger partial charge in [-0.1, -0.05) is 12.1 Å². The second-order valence-electron chi connectivity index (χ2n) is 2.94. The number of H-pyrrole nitrogens is 2. The Morgan fingerprint density at radius 1 is 1.38 bits per heavy atom. The number of hydrazone groups is 1. The summed E-state index contributed by atoms with van der Waals surface area (Å²) in [5.41, 5.74) is 3.25. The number of aromatic nitrogens is 3. The van der Waals surface area contributed by atoms with Crippen molar-refractivity contribution in [2.45, 2.75) is 0 Å². The summed E-state index contributed by atoms with van der Waals surface area (Å²) < 4.78 is 0.347. The van der Waals surface area contributed by atoms with Gasteiger partial charge in [0.2, 0.25) is 10.7 Å². The lowest BCUT2D eigenvalue weighted by atomic mass is 10.2. The average Bonchev–Trinajstić information content (AvgIpc) is 2.67. The van der Waals surface area contributed by atoms with Crippen molar-refractivity contribution in [2.75, 3.05) is 5.43 Å². The summed E-state index contributed by atoms with van der Waals surface area (Å²) in [4.78, 5) is 3.88. The van der Waals surface area contributed by atoms with Crippen molar-refractivity contribution in [3.05, 3.63) is 34.6 Å². The van der Waals surface area contributed by atoms with Crippen LogP contribution in [0.5, 0.6) is 5.75 Å². The van der Waals surface area contributed by atoms with Crippen LogP contribution in [-0.2, 0) is 0 Å². The fourth-order valence-electron chi connectivity index (χ4n) is 1.08. The van der Waals surface area contributed by atoms with Gasteiger partial charge in [-0.2, -0.15) is 10.1 Å². The second kappa shape index (κ2) is 4.58. The van der Waals surface area contributed by atoms with E-state index in [1.54, 1.807) is 18.2 Å². The minimum Gasteiger partial charge on any atom is -0.507 e. The molecule has 0 aliphatic rings. The van der Waals surface area contributed by atoms with Gasteiger partial charge in [0, 0.05) is 5.56 Å². The van der Waals surface area contributed by atoms with Crippen molar-refractivity contribution in [3.8, 4) is 5.75 Å². The first kappa shape index (κ1) is 10.4. The maximum atomic E-state index is 9.45. The molecule has 0 amide bonds. The molecular formula is C9H9N5OS. The molecule has 0 aliphatic carbocycles. The Labute approximate surface area is 96.0 Å². The normalized spacial score (nSPS) is 10.8. The van der Waals surface area contributed by atoms with E-state index in [0.717, 1.165) is 0 Å². The van der Waals surface area contributed by atoms with Gasteiger partial charge in [0.1, 0.15) is 5.75 Å². The monoisotopic (exact) mass is 235 g/mol. The van der Waals surface area contributed by atoms with Crippen LogP contribution >= 0.6 is 12.2 Å². The van der Waals surface area contributed by atoms with E-state index in [-0.39, 0.29) is 5.75 Å². The molecule has 16 heavy (non-hydrogen) atoms. The first-order valence-corrected chi connectivity index (χ1v) is 4.88. The molecule has 1 aromatic carbocycles. The molecule has 0 unspecified atom stereocenters. The molecule has 4 N–H and O–H groups in total. The Kier molecular flexibility index (Phi) is 2.97. The van der Waals surface area contributed by atoms with Crippen molar-refractivity contribution in [1.29, 1.82) is 0 Å². The number of phenolic OH excluding ortho intramolecular Hbond substituents is 1. The Bertz CT molecular complexity index is 559. The molecule has 0 aliphatic heterocycles. The van der Waals surface area contributed by atoms with Gasteiger partial charge in [0.15, 0.2) is 0 Å². The number of nitrogens with one attached hydrogen (secondary N) is 3. The zero-order valence-electron chi connectivity index (χ0n) is 8.14. The number of hydrogen-bond acceptors (Lipinski definition) is 5. The molecule has 1 heterocycles. The van der Waals surface area contributed by atoms with Gasteiger partial charge in [-0.05, 0) is 24.4 Å². The number of benzene rings is 1. The van der Waals surface area contributed by atoms with Crippen LogP contribution in [0.1, 0.15) is 5.56 Å². The van der Waals surface area contributed by atoms with E-state index in [1.807, 2.05) is 6.07 Å². The third kappa shape index (κ3) is 2.45. The molecule has 1 aromatic heterocycles. The van der Waals surface area contributed by atoms with Crippen molar-refractivity contribution < 1.29 is 5.11 Å². The SMILES string of the molecule is Oc1ccccc1/C=N/Nc1nc(=S)[nH][nH]1. The fraction of sp³-hybridized carbons (Fsp3) is 0. The zero-order valence-corrected chi connectivity index (χ0v) is 8.95. The first-order chi connectivity index (χ1) is 7.75. The van der Waals surface area contributed by atoms with E-state index in [2.05, 4.69) is 25.7 Å². The number of anilines is 1. The maximum Gasteiger partial charge on any atom is 0.238 e. The molecule has 0 bridgehead atoms. The Morgan fingerprint density at radius 3 is 2.88 bits per heavy atom. The summed E-state index contributed by atoms with van der Waals surface area (Å²) in [6, 6.07) is 6.88. The molecule has 0 fully saturated rings. The highest BCUT2D eigenvalue weighted by atomic mass is 32.1. The van der Waals surface area contributed by atoms with Crippen LogP contribution in [0.25, 0.3) is 0 Å². The van der Waals surface area contributed by atoms with Gasteiger partial charge in [-0.3, -0.25) is 10.2 Å². The van der Waals surface area contributed by atoms with Crippen LogP contribution in [-0.4, -0.2) is 26.5 Å². The highest BCUT2D eigenvalue weighted by molar-refractivity contribution is 7.71. The number of nitrogens with zero attached hydrogens (tertiary/aromatic N) is 2. The van der Waals surface area contributed by atoms with E-state index in [4.69, 9.17) is 12.2 Å². The van der Waals surface area contributed by atoms with E-state index in [9.17, 15) is 5.11 Å². The van der Waals surface area contributed by atoms with Crippen molar-refractivity contribution >= 4 is 24.4 Å². The van der Waals surface area contributed by atoms with Crippen molar-refractivity contribution in [2.24, 2.45) is 5.10 Å². The number of aromatic hydroxyl groups is 1. The second-order valence-corrected chi connectivity index (χ2v) is 3.33. The van der Waals surface area contributed by atoms with Gasteiger partial charge in [-0.25, -0.2) is 5.43 Å². The molecule has 2 rings (SSSR count). The summed E-state index contributed by atoms with van der Waals surface area (Å²) in [6.45, 7) is 0. The first-order valence-electron chi connectivity index (χ1n) is 4.47. The van der Waals surface area contributed by atoms with E-state index >= 15 is 0 Å². The Balaban J connectivity index is 2.05. The van der Waals surface area contributed by atoms with Gasteiger partial charge < -0.3 is 5.11 Å². The van der Waals surface area contributed by atoms with E-state index in [0.29, 0.717) is 16.3 Å². The van der Waals surface area contributed by atoms with Gasteiger partial charge in [0.05, 0.1) is 6.21 Å². The lowest BCUT2D eigenvalue weighted by molar-refractivity contribution is 0.474. The number of hydrogen-bond donors (Lipinski definition) is 4. The number of aromatic amines is 2. The molecule has 0 saturated heterocycles. The van der Waals surface area contributed by atoms with Crippen molar-refractivity contribution in [1.82, 2.24) is 15.2 Å². The molecule has 0 radical (unpaired) electrons. The summed E-state index contributed by atoms with van der Waals surface area (Å²) in [7, 11) is 0. The largest absolute Gasteiger partial charge is 0.507 e. The molecule has 6 nitrogen and oxygen atoms in total. The van der Waals surface area contributed by atoms with Crippen molar-refractivity contribution in [3.63, 3.8) is 0 Å². The molecule has 82 valence electrons. The zero-order chi connectivity index (χ0) is 11.4. The lowest BCUT2D eigenvalue weighted by Gasteiger charge is -1.96. The van der Waals surface area contributed by atoms with Crippen LogP contribution in [0.15, 0.2) is 29.4 Å². The van der Waals surface area contributed by atoms with Crippen LogP contribution in [0.2, 0.25) is 0 Å². The minimum absolute atomic E-state index is 0.169. The molecule has 0 atom stereocenters. The fourth-order valence-corrected chi connectivity index (χ4v) is 1.23. The summed E-state index contributed by atoms with van der Waals surface area (Å²) >= 11 is 4.77. The predicted octanol–water partition coefficient (Wildman–Crippen LogP) is 1.62. The molecule has 0 spiro atoms. The molecule has 0 saturated carbocycles. The third-order valence-electron chi connectivity index (χ3n) is 1.81. The molecular weight excluding hydrogens is 226 g/mol. The highest BCUT2D eigenvalue weighted by Gasteiger charge is 1.95. The predicted molar refractivity (Wildman–Crippen MR) is 63.1 cm³/mol. The van der Waals surface area contributed by atoms with Gasteiger partial charge in [-0.15, -0.1) is 0 Å². The Hall–Kier alpha value is -2.15. The molecule has 7 heteroatoms. The summed E-state index contributed by atoms with van der Waals surface area (Å²) in [6.07, 6.45) is 1.49. The van der Waals surface area contributed by atoms with Gasteiger partial charge >= 0.3 is 0 Å². The summed E-state index contributed by atoms with van der Waals surface area (Å²) in [5, 5.41) is 18.6. The van der Waals surface area contributed by atoms with E-state index in [1.165, 1.54) is 6.21 Å². The minimum atomic E-state index is 0.169. The van der Waals surface area contributed by atoms with Crippen LogP contribution in [0.4, 0.5) is 5.95 Å². The Morgan fingerprint density at radius 2 is 2.19 bits per heavy atom. The highest BCUT2D eigenvalue weighted by Crippen LogP contribution is 2.12. The molecule has 2 aromatic rings. The van der Waals surface area contributed by atoms with Crippen LogP contribution < -0.4 is 5.43 Å². The third-order valence-corrected chi connectivity index (χ3v) is 2.01. The average molecular weight is 235 g/mol. The summed E-state index contributed by atoms with van der Waals surface area (Å²) in [5.74, 6) is 0.583. The number of phenols is 1.